The van der Waals surface area contributed by atoms with Crippen LogP contribution in [0.5, 0.6) is 0 Å². The molecule has 1 saturated carbocycles. The SMILES string of the molecule is CC(C)CC1(CNCc2ccc(Br)cn2)CCCC1. The van der Waals surface area contributed by atoms with E-state index in [4.69, 9.17) is 0 Å². The van der Waals surface area contributed by atoms with Gasteiger partial charge in [0.2, 0.25) is 0 Å². The van der Waals surface area contributed by atoms with Gasteiger partial charge < -0.3 is 5.32 Å². The minimum atomic E-state index is 0.545. The Labute approximate surface area is 125 Å². The predicted molar refractivity (Wildman–Crippen MR) is 84.0 cm³/mol. The molecule has 106 valence electrons. The van der Waals surface area contributed by atoms with Gasteiger partial charge in [-0.3, -0.25) is 4.98 Å². The molecule has 1 aromatic heterocycles. The van der Waals surface area contributed by atoms with E-state index in [1.54, 1.807) is 0 Å². The van der Waals surface area contributed by atoms with Crippen molar-refractivity contribution >= 4 is 15.9 Å². The Hall–Kier alpha value is -0.410. The van der Waals surface area contributed by atoms with Crippen LogP contribution in [0.2, 0.25) is 0 Å². The average Bonchev–Trinajstić information content (AvgIpc) is 2.79. The summed E-state index contributed by atoms with van der Waals surface area (Å²) in [6.45, 7) is 6.71. The zero-order valence-electron chi connectivity index (χ0n) is 12.1. The predicted octanol–water partition coefficient (Wildman–Crippen LogP) is 4.54. The lowest BCUT2D eigenvalue weighted by atomic mass is 9.78. The summed E-state index contributed by atoms with van der Waals surface area (Å²) in [7, 11) is 0. The molecular weight excluding hydrogens is 300 g/mol. The molecule has 1 aromatic rings. The van der Waals surface area contributed by atoms with Gasteiger partial charge in [0.25, 0.3) is 0 Å². The Morgan fingerprint density at radius 2 is 2.05 bits per heavy atom. The molecule has 1 aliphatic rings. The van der Waals surface area contributed by atoms with Crippen molar-refractivity contribution in [2.45, 2.75) is 52.5 Å². The van der Waals surface area contributed by atoms with Gasteiger partial charge in [0.05, 0.1) is 5.69 Å². The van der Waals surface area contributed by atoms with Crippen LogP contribution in [0.15, 0.2) is 22.8 Å². The number of hydrogen-bond donors (Lipinski definition) is 1. The zero-order valence-corrected chi connectivity index (χ0v) is 13.7. The quantitative estimate of drug-likeness (QED) is 0.830. The lowest BCUT2D eigenvalue weighted by Crippen LogP contribution is -2.33. The van der Waals surface area contributed by atoms with E-state index in [0.29, 0.717) is 5.41 Å². The van der Waals surface area contributed by atoms with E-state index < -0.39 is 0 Å². The Kier molecular flexibility index (Phi) is 5.40. The summed E-state index contributed by atoms with van der Waals surface area (Å²) in [6, 6.07) is 4.14. The van der Waals surface area contributed by atoms with Crippen LogP contribution in [0.3, 0.4) is 0 Å². The number of rotatable bonds is 6. The molecule has 1 fully saturated rings. The highest BCUT2D eigenvalue weighted by Crippen LogP contribution is 2.42. The first-order chi connectivity index (χ1) is 9.10. The van der Waals surface area contributed by atoms with Gasteiger partial charge in [-0.25, -0.2) is 0 Å². The van der Waals surface area contributed by atoms with Crippen molar-refractivity contribution in [2.24, 2.45) is 11.3 Å². The normalized spacial score (nSPS) is 18.1. The summed E-state index contributed by atoms with van der Waals surface area (Å²) < 4.78 is 1.04. The molecule has 0 saturated heterocycles. The number of halogens is 1. The zero-order chi connectivity index (χ0) is 13.7. The third-order valence-corrected chi connectivity index (χ3v) is 4.57. The molecule has 1 heterocycles. The van der Waals surface area contributed by atoms with Crippen LogP contribution in [0, 0.1) is 11.3 Å². The van der Waals surface area contributed by atoms with Crippen LogP contribution in [0.25, 0.3) is 0 Å². The second-order valence-corrected chi connectivity index (χ2v) is 7.29. The molecule has 2 nitrogen and oxygen atoms in total. The van der Waals surface area contributed by atoms with Crippen molar-refractivity contribution in [1.29, 1.82) is 0 Å². The summed E-state index contributed by atoms with van der Waals surface area (Å²) in [5.74, 6) is 0.797. The van der Waals surface area contributed by atoms with Gasteiger partial charge in [-0.15, -0.1) is 0 Å². The van der Waals surface area contributed by atoms with E-state index in [2.05, 4.69) is 52.2 Å². The van der Waals surface area contributed by atoms with Crippen LogP contribution < -0.4 is 5.32 Å². The highest BCUT2D eigenvalue weighted by atomic mass is 79.9. The first-order valence-electron chi connectivity index (χ1n) is 7.41. The number of pyridine rings is 1. The van der Waals surface area contributed by atoms with Gasteiger partial charge >= 0.3 is 0 Å². The molecule has 2 rings (SSSR count). The van der Waals surface area contributed by atoms with E-state index in [-0.39, 0.29) is 0 Å². The van der Waals surface area contributed by atoms with E-state index in [0.717, 1.165) is 29.2 Å². The maximum Gasteiger partial charge on any atom is 0.0542 e. The Morgan fingerprint density at radius 1 is 1.32 bits per heavy atom. The third-order valence-electron chi connectivity index (χ3n) is 4.10. The Balaban J connectivity index is 1.84. The molecule has 1 aliphatic carbocycles. The van der Waals surface area contributed by atoms with E-state index in [1.807, 2.05) is 6.20 Å². The van der Waals surface area contributed by atoms with Crippen molar-refractivity contribution < 1.29 is 0 Å². The molecule has 0 radical (unpaired) electrons. The fourth-order valence-electron chi connectivity index (χ4n) is 3.41. The number of nitrogens with zero attached hydrogens (tertiary/aromatic N) is 1. The minimum Gasteiger partial charge on any atom is -0.311 e. The third kappa shape index (κ3) is 4.57. The topological polar surface area (TPSA) is 24.9 Å². The summed E-state index contributed by atoms with van der Waals surface area (Å²) in [5, 5.41) is 3.63. The second-order valence-electron chi connectivity index (χ2n) is 6.38. The van der Waals surface area contributed by atoms with Crippen molar-refractivity contribution in [3.8, 4) is 0 Å². The molecule has 0 aliphatic heterocycles. The summed E-state index contributed by atoms with van der Waals surface area (Å²) >= 11 is 3.42. The maximum absolute atomic E-state index is 4.42. The maximum atomic E-state index is 4.42. The van der Waals surface area contributed by atoms with Gasteiger partial charge in [0.1, 0.15) is 0 Å². The summed E-state index contributed by atoms with van der Waals surface area (Å²) in [6.07, 6.45) is 8.83. The van der Waals surface area contributed by atoms with E-state index in [9.17, 15) is 0 Å². The second kappa shape index (κ2) is 6.85. The first kappa shape index (κ1) is 15.0. The van der Waals surface area contributed by atoms with Crippen molar-refractivity contribution in [3.05, 3.63) is 28.5 Å². The lowest BCUT2D eigenvalue weighted by Gasteiger charge is -2.31. The van der Waals surface area contributed by atoms with Crippen molar-refractivity contribution in [3.63, 3.8) is 0 Å². The van der Waals surface area contributed by atoms with Crippen LogP contribution in [-0.4, -0.2) is 11.5 Å². The van der Waals surface area contributed by atoms with Gasteiger partial charge in [0.15, 0.2) is 0 Å². The van der Waals surface area contributed by atoms with Gasteiger partial charge in [-0.2, -0.15) is 0 Å². The minimum absolute atomic E-state index is 0.545. The summed E-state index contributed by atoms with van der Waals surface area (Å²) in [5.41, 5.74) is 1.67. The molecule has 1 N–H and O–H groups in total. The molecule has 3 heteroatoms. The molecule has 0 spiro atoms. The first-order valence-corrected chi connectivity index (χ1v) is 8.20. The van der Waals surface area contributed by atoms with Gasteiger partial charge in [0, 0.05) is 23.8 Å². The van der Waals surface area contributed by atoms with Crippen LogP contribution >= 0.6 is 15.9 Å². The fourth-order valence-corrected chi connectivity index (χ4v) is 3.65. The van der Waals surface area contributed by atoms with Crippen molar-refractivity contribution in [2.75, 3.05) is 6.54 Å². The average molecular weight is 325 g/mol. The summed E-state index contributed by atoms with van der Waals surface area (Å²) in [4.78, 5) is 4.42. The van der Waals surface area contributed by atoms with Gasteiger partial charge in [-0.1, -0.05) is 26.7 Å². The molecule has 0 amide bonds. The highest BCUT2D eigenvalue weighted by Gasteiger charge is 2.33. The Bertz CT molecular complexity index is 380. The molecule has 19 heavy (non-hydrogen) atoms. The van der Waals surface area contributed by atoms with Crippen LogP contribution in [0.1, 0.15) is 51.6 Å². The van der Waals surface area contributed by atoms with Gasteiger partial charge in [-0.05, 0) is 58.7 Å². The highest BCUT2D eigenvalue weighted by molar-refractivity contribution is 9.10. The van der Waals surface area contributed by atoms with Crippen LogP contribution in [-0.2, 0) is 6.54 Å². The molecular formula is C16H25BrN2. The lowest BCUT2D eigenvalue weighted by molar-refractivity contribution is 0.223. The molecule has 0 aromatic carbocycles. The fraction of sp³-hybridized carbons (Fsp3) is 0.688. The van der Waals surface area contributed by atoms with E-state index in [1.165, 1.54) is 32.1 Å². The molecule has 0 atom stereocenters. The largest absolute Gasteiger partial charge is 0.311 e. The Morgan fingerprint density at radius 3 is 2.63 bits per heavy atom. The molecule has 0 bridgehead atoms. The van der Waals surface area contributed by atoms with Crippen molar-refractivity contribution in [1.82, 2.24) is 10.3 Å². The number of aromatic nitrogens is 1. The van der Waals surface area contributed by atoms with Crippen LogP contribution in [0.4, 0.5) is 0 Å². The number of nitrogens with one attached hydrogen (secondary N) is 1. The monoisotopic (exact) mass is 324 g/mol. The molecule has 0 unspecified atom stereocenters. The standard InChI is InChI=1S/C16H25BrN2/c1-13(2)9-16(7-3-4-8-16)12-18-11-15-6-5-14(17)10-19-15/h5-6,10,13,18H,3-4,7-9,11-12H2,1-2H3. The number of hydrogen-bond acceptors (Lipinski definition) is 2. The van der Waals surface area contributed by atoms with E-state index >= 15 is 0 Å². The smallest absolute Gasteiger partial charge is 0.0542 e.